The van der Waals surface area contributed by atoms with E-state index in [0.717, 1.165) is 30.6 Å². The van der Waals surface area contributed by atoms with Crippen LogP contribution >= 0.6 is 0 Å². The molecule has 1 fully saturated rings. The number of hydrogen-bond donors (Lipinski definition) is 1. The van der Waals surface area contributed by atoms with E-state index in [1.165, 1.54) is 0 Å². The summed E-state index contributed by atoms with van der Waals surface area (Å²) in [5.41, 5.74) is 1.94. The Kier molecular flexibility index (Phi) is 6.55. The van der Waals surface area contributed by atoms with Crippen molar-refractivity contribution >= 4 is 0 Å². The molecule has 2 aromatic carbocycles. The van der Waals surface area contributed by atoms with Gasteiger partial charge in [-0.15, -0.1) is 0 Å². The van der Waals surface area contributed by atoms with Crippen LogP contribution in [-0.2, 0) is 6.42 Å². The number of hydrogen-bond acceptors (Lipinski definition) is 6. The number of aliphatic hydroxyl groups excluding tert-OH is 1. The van der Waals surface area contributed by atoms with E-state index in [9.17, 15) is 5.11 Å². The summed E-state index contributed by atoms with van der Waals surface area (Å²) >= 11 is 0. The van der Waals surface area contributed by atoms with Crippen molar-refractivity contribution in [2.45, 2.75) is 12.3 Å². The zero-order valence-electron chi connectivity index (χ0n) is 17.9. The lowest BCUT2D eigenvalue weighted by atomic mass is 9.71. The van der Waals surface area contributed by atoms with Crippen LogP contribution in [0.2, 0.25) is 0 Å². The standard InChI is InChI=1S/C23H31NO5/c1-24-13-18(17-7-9-20(27-3)22(11-17)29-5)23(14-24,15-25)12-16-6-8-19(26-2)21(10-16)28-4/h6-11,18,25H,12-15H2,1-5H3. The van der Waals surface area contributed by atoms with Gasteiger partial charge in [0.1, 0.15) is 0 Å². The van der Waals surface area contributed by atoms with Gasteiger partial charge in [-0.1, -0.05) is 12.1 Å². The molecule has 1 aliphatic rings. The van der Waals surface area contributed by atoms with Crippen LogP contribution in [0.5, 0.6) is 23.0 Å². The van der Waals surface area contributed by atoms with E-state index in [4.69, 9.17) is 18.9 Å². The van der Waals surface area contributed by atoms with Crippen molar-refractivity contribution < 1.29 is 24.1 Å². The predicted molar refractivity (Wildman–Crippen MR) is 113 cm³/mol. The summed E-state index contributed by atoms with van der Waals surface area (Å²) in [7, 11) is 8.64. The third-order valence-electron chi connectivity index (χ3n) is 5.95. The van der Waals surface area contributed by atoms with Gasteiger partial charge in [-0.25, -0.2) is 0 Å². The van der Waals surface area contributed by atoms with Crippen molar-refractivity contribution in [2.24, 2.45) is 5.41 Å². The fraction of sp³-hybridized carbons (Fsp3) is 0.478. The number of nitrogens with zero attached hydrogens (tertiary/aromatic N) is 1. The summed E-state index contributed by atoms with van der Waals surface area (Å²) in [5.74, 6) is 2.97. The van der Waals surface area contributed by atoms with Crippen LogP contribution in [0.4, 0.5) is 0 Å². The van der Waals surface area contributed by atoms with Gasteiger partial charge in [0, 0.05) is 24.4 Å². The van der Waals surface area contributed by atoms with Gasteiger partial charge in [0.05, 0.1) is 35.0 Å². The first-order valence-electron chi connectivity index (χ1n) is 9.72. The molecule has 0 saturated carbocycles. The van der Waals surface area contributed by atoms with E-state index in [1.807, 2.05) is 30.3 Å². The Morgan fingerprint density at radius 1 is 0.897 bits per heavy atom. The van der Waals surface area contributed by atoms with Gasteiger partial charge in [0.15, 0.2) is 23.0 Å². The fourth-order valence-electron chi connectivity index (χ4n) is 4.54. The highest BCUT2D eigenvalue weighted by Crippen LogP contribution is 2.46. The second-order valence-corrected chi connectivity index (χ2v) is 7.75. The third-order valence-corrected chi connectivity index (χ3v) is 5.95. The largest absolute Gasteiger partial charge is 0.493 e. The van der Waals surface area contributed by atoms with Gasteiger partial charge >= 0.3 is 0 Å². The minimum atomic E-state index is -0.312. The molecular weight excluding hydrogens is 370 g/mol. The summed E-state index contributed by atoms with van der Waals surface area (Å²) in [4.78, 5) is 2.28. The Labute approximate surface area is 173 Å². The second-order valence-electron chi connectivity index (χ2n) is 7.75. The zero-order valence-corrected chi connectivity index (χ0v) is 17.9. The monoisotopic (exact) mass is 401 g/mol. The van der Waals surface area contributed by atoms with E-state index >= 15 is 0 Å². The van der Waals surface area contributed by atoms with Crippen molar-refractivity contribution in [3.05, 3.63) is 47.5 Å². The quantitative estimate of drug-likeness (QED) is 0.734. The first-order chi connectivity index (χ1) is 14.0. The zero-order chi connectivity index (χ0) is 21.0. The van der Waals surface area contributed by atoms with Gasteiger partial charge in [-0.3, -0.25) is 0 Å². The molecule has 0 spiro atoms. The van der Waals surface area contributed by atoms with E-state index in [2.05, 4.69) is 18.0 Å². The summed E-state index contributed by atoms with van der Waals surface area (Å²) in [5, 5.41) is 10.5. The fourth-order valence-corrected chi connectivity index (χ4v) is 4.54. The van der Waals surface area contributed by atoms with E-state index in [1.54, 1.807) is 28.4 Å². The Hall–Kier alpha value is -2.44. The van der Waals surface area contributed by atoms with Crippen molar-refractivity contribution in [1.82, 2.24) is 4.90 Å². The molecule has 3 rings (SSSR count). The molecule has 1 heterocycles. The molecule has 2 aromatic rings. The van der Waals surface area contributed by atoms with Crippen molar-refractivity contribution in [1.29, 1.82) is 0 Å². The minimum Gasteiger partial charge on any atom is -0.493 e. The normalized spacial score (nSPS) is 21.8. The van der Waals surface area contributed by atoms with Crippen LogP contribution in [-0.4, -0.2) is 65.2 Å². The molecule has 1 saturated heterocycles. The smallest absolute Gasteiger partial charge is 0.160 e. The van der Waals surface area contributed by atoms with Crippen molar-refractivity contribution in [3.8, 4) is 23.0 Å². The Balaban J connectivity index is 1.98. The SMILES string of the molecule is COc1ccc(CC2(CO)CN(C)CC2c2ccc(OC)c(OC)c2)cc1OC. The highest BCUT2D eigenvalue weighted by atomic mass is 16.5. The molecule has 29 heavy (non-hydrogen) atoms. The maximum absolute atomic E-state index is 10.5. The average Bonchev–Trinajstić information content (AvgIpc) is 3.09. The number of ether oxygens (including phenoxy) is 4. The summed E-state index contributed by atoms with van der Waals surface area (Å²) in [6.45, 7) is 1.75. The molecule has 6 heteroatoms. The van der Waals surface area contributed by atoms with Crippen molar-refractivity contribution in [2.75, 3.05) is 55.2 Å². The minimum absolute atomic E-state index is 0.0880. The maximum Gasteiger partial charge on any atom is 0.160 e. The molecule has 0 aromatic heterocycles. The Morgan fingerprint density at radius 3 is 2.07 bits per heavy atom. The van der Waals surface area contributed by atoms with E-state index in [0.29, 0.717) is 23.0 Å². The third kappa shape index (κ3) is 4.14. The molecule has 0 radical (unpaired) electrons. The molecule has 0 amide bonds. The topological polar surface area (TPSA) is 60.4 Å². The lowest BCUT2D eigenvalue weighted by Crippen LogP contribution is -2.35. The molecule has 1 N–H and O–H groups in total. The van der Waals surface area contributed by atoms with Crippen LogP contribution < -0.4 is 18.9 Å². The molecule has 1 aliphatic heterocycles. The lowest BCUT2D eigenvalue weighted by molar-refractivity contribution is 0.118. The molecular formula is C23H31NO5. The first-order valence-corrected chi connectivity index (χ1v) is 9.72. The second kappa shape index (κ2) is 8.93. The number of benzene rings is 2. The summed E-state index contributed by atoms with van der Waals surface area (Å²) in [6, 6.07) is 12.0. The molecule has 0 bridgehead atoms. The van der Waals surface area contributed by atoms with Gasteiger partial charge in [0.25, 0.3) is 0 Å². The molecule has 6 nitrogen and oxygen atoms in total. The number of likely N-dealkylation sites (N-methyl/N-ethyl adjacent to an activating group) is 1. The van der Waals surface area contributed by atoms with Gasteiger partial charge in [-0.2, -0.15) is 0 Å². The van der Waals surface area contributed by atoms with E-state index < -0.39 is 0 Å². The molecule has 2 atom stereocenters. The van der Waals surface area contributed by atoms with Crippen LogP contribution in [0.25, 0.3) is 0 Å². The Bertz CT molecular complexity index is 840. The summed E-state index contributed by atoms with van der Waals surface area (Å²) in [6.07, 6.45) is 0.729. The highest BCUT2D eigenvalue weighted by Gasteiger charge is 2.46. The Morgan fingerprint density at radius 2 is 1.48 bits per heavy atom. The molecule has 2 unspecified atom stereocenters. The van der Waals surface area contributed by atoms with Crippen LogP contribution in [0.3, 0.4) is 0 Å². The van der Waals surface area contributed by atoms with Gasteiger partial charge < -0.3 is 29.0 Å². The number of likely N-dealkylation sites (tertiary alicyclic amines) is 1. The van der Waals surface area contributed by atoms with Gasteiger partial charge in [0.2, 0.25) is 0 Å². The van der Waals surface area contributed by atoms with Crippen LogP contribution in [0.15, 0.2) is 36.4 Å². The number of aliphatic hydroxyl groups is 1. The maximum atomic E-state index is 10.5. The average molecular weight is 402 g/mol. The van der Waals surface area contributed by atoms with Crippen LogP contribution in [0, 0.1) is 5.41 Å². The predicted octanol–water partition coefficient (Wildman–Crippen LogP) is 2.97. The van der Waals surface area contributed by atoms with Crippen LogP contribution in [0.1, 0.15) is 17.0 Å². The van der Waals surface area contributed by atoms with E-state index in [-0.39, 0.29) is 17.9 Å². The number of methoxy groups -OCH3 is 4. The number of rotatable bonds is 8. The highest BCUT2D eigenvalue weighted by molar-refractivity contribution is 5.46. The van der Waals surface area contributed by atoms with Gasteiger partial charge in [-0.05, 0) is 48.9 Å². The summed E-state index contributed by atoms with van der Waals surface area (Å²) < 4.78 is 21.7. The first kappa shape index (κ1) is 21.3. The molecule has 0 aliphatic carbocycles. The molecule has 158 valence electrons. The lowest BCUT2D eigenvalue weighted by Gasteiger charge is -2.34. The van der Waals surface area contributed by atoms with Crippen molar-refractivity contribution in [3.63, 3.8) is 0 Å².